The van der Waals surface area contributed by atoms with Gasteiger partial charge in [0.2, 0.25) is 15.9 Å². The van der Waals surface area contributed by atoms with Crippen LogP contribution in [0.15, 0.2) is 24.5 Å². The Balaban J connectivity index is 1.84. The lowest BCUT2D eigenvalue weighted by Gasteiger charge is -2.31. The molecule has 1 aromatic rings. The van der Waals surface area contributed by atoms with E-state index in [0.29, 0.717) is 32.4 Å². The smallest absolute Gasteiger partial charge is 0.223 e. The van der Waals surface area contributed by atoms with Crippen molar-refractivity contribution in [3.63, 3.8) is 0 Å². The van der Waals surface area contributed by atoms with E-state index in [1.54, 1.807) is 16.7 Å². The van der Waals surface area contributed by atoms with Crippen LogP contribution in [-0.2, 0) is 14.8 Å². The number of hydrogen-bond donors (Lipinski definition) is 1. The molecule has 0 radical (unpaired) electrons. The normalized spacial score (nSPS) is 18.2. The fraction of sp³-hybridized carbons (Fsp3) is 0.647. The molecular formula is C17H27N3O3S. The lowest BCUT2D eigenvalue weighted by Crippen LogP contribution is -2.44. The second-order valence-electron chi connectivity index (χ2n) is 6.35. The molecule has 1 aromatic heterocycles. The summed E-state index contributed by atoms with van der Waals surface area (Å²) in [5, 5.41) is 3.02. The molecule has 1 N–H and O–H groups in total. The fourth-order valence-corrected chi connectivity index (χ4v) is 4.60. The molecule has 0 aromatic carbocycles. The Morgan fingerprint density at radius 1 is 1.33 bits per heavy atom. The summed E-state index contributed by atoms with van der Waals surface area (Å²) in [6.07, 6.45) is 6.13. The van der Waals surface area contributed by atoms with Gasteiger partial charge in [-0.25, -0.2) is 12.7 Å². The predicted molar refractivity (Wildman–Crippen MR) is 93.8 cm³/mol. The van der Waals surface area contributed by atoms with E-state index in [-0.39, 0.29) is 23.6 Å². The number of carbonyl (C=O) groups excluding carboxylic acids is 1. The number of carbonyl (C=O) groups is 1. The van der Waals surface area contributed by atoms with Gasteiger partial charge in [-0.15, -0.1) is 0 Å². The van der Waals surface area contributed by atoms with Crippen LogP contribution in [0.4, 0.5) is 0 Å². The van der Waals surface area contributed by atoms with E-state index in [4.69, 9.17) is 0 Å². The third-order valence-corrected chi connectivity index (χ3v) is 6.50. The van der Waals surface area contributed by atoms with Gasteiger partial charge in [-0.3, -0.25) is 9.78 Å². The van der Waals surface area contributed by atoms with Gasteiger partial charge in [0.05, 0.1) is 11.8 Å². The summed E-state index contributed by atoms with van der Waals surface area (Å²) in [5.41, 5.74) is 1.01. The van der Waals surface area contributed by atoms with Crippen LogP contribution < -0.4 is 5.32 Å². The second kappa shape index (κ2) is 8.58. The molecule has 0 aliphatic carbocycles. The summed E-state index contributed by atoms with van der Waals surface area (Å²) in [6.45, 7) is 4.80. The Morgan fingerprint density at radius 2 is 1.96 bits per heavy atom. The van der Waals surface area contributed by atoms with Gasteiger partial charge in [-0.1, -0.05) is 13.3 Å². The zero-order valence-electron chi connectivity index (χ0n) is 14.4. The topological polar surface area (TPSA) is 79.4 Å². The Bertz CT molecular complexity index is 626. The zero-order chi connectivity index (χ0) is 17.6. The zero-order valence-corrected chi connectivity index (χ0v) is 15.3. The van der Waals surface area contributed by atoms with Crippen molar-refractivity contribution in [2.24, 2.45) is 5.92 Å². The van der Waals surface area contributed by atoms with Crippen LogP contribution in [0.5, 0.6) is 0 Å². The number of hydrogen-bond acceptors (Lipinski definition) is 4. The van der Waals surface area contributed by atoms with E-state index in [0.717, 1.165) is 12.0 Å². The fourth-order valence-electron chi connectivity index (χ4n) is 2.92. The van der Waals surface area contributed by atoms with Crippen molar-refractivity contribution in [1.29, 1.82) is 0 Å². The SMILES string of the molecule is CCCCS(=O)(=O)N1CCC(C(=O)NC(C)c2ccncc2)CC1. The van der Waals surface area contributed by atoms with Crippen LogP contribution in [-0.4, -0.2) is 42.5 Å². The van der Waals surface area contributed by atoms with Crippen molar-refractivity contribution >= 4 is 15.9 Å². The van der Waals surface area contributed by atoms with Crippen LogP contribution in [0.2, 0.25) is 0 Å². The van der Waals surface area contributed by atoms with E-state index in [9.17, 15) is 13.2 Å². The van der Waals surface area contributed by atoms with Gasteiger partial charge in [0.25, 0.3) is 0 Å². The number of nitrogens with one attached hydrogen (secondary N) is 1. The molecule has 2 rings (SSSR count). The van der Waals surface area contributed by atoms with Gasteiger partial charge in [0.15, 0.2) is 0 Å². The van der Waals surface area contributed by atoms with Crippen molar-refractivity contribution in [3.8, 4) is 0 Å². The number of aromatic nitrogens is 1. The first kappa shape index (κ1) is 18.9. The van der Waals surface area contributed by atoms with Gasteiger partial charge >= 0.3 is 0 Å². The quantitative estimate of drug-likeness (QED) is 0.814. The highest BCUT2D eigenvalue weighted by atomic mass is 32.2. The molecule has 1 saturated heterocycles. The third kappa shape index (κ3) is 5.01. The van der Waals surface area contributed by atoms with Crippen LogP contribution in [0.3, 0.4) is 0 Å². The number of unbranched alkanes of at least 4 members (excludes halogenated alkanes) is 1. The van der Waals surface area contributed by atoms with Crippen molar-refractivity contribution in [1.82, 2.24) is 14.6 Å². The average molecular weight is 353 g/mol. The minimum Gasteiger partial charge on any atom is -0.349 e. The summed E-state index contributed by atoms with van der Waals surface area (Å²) in [4.78, 5) is 16.4. The molecule has 1 aliphatic rings. The van der Waals surface area contributed by atoms with Gasteiger partial charge in [0.1, 0.15) is 0 Å². The molecule has 1 amide bonds. The first-order chi connectivity index (χ1) is 11.4. The Hall–Kier alpha value is -1.47. The van der Waals surface area contributed by atoms with Crippen molar-refractivity contribution in [2.75, 3.05) is 18.8 Å². The molecule has 1 aliphatic heterocycles. The number of piperidine rings is 1. The number of pyridine rings is 1. The molecule has 6 nitrogen and oxygen atoms in total. The molecule has 1 unspecified atom stereocenters. The molecule has 0 saturated carbocycles. The highest BCUT2D eigenvalue weighted by molar-refractivity contribution is 7.89. The Morgan fingerprint density at radius 3 is 2.54 bits per heavy atom. The second-order valence-corrected chi connectivity index (χ2v) is 8.44. The van der Waals surface area contributed by atoms with Crippen LogP contribution in [0.1, 0.15) is 51.1 Å². The minimum atomic E-state index is -3.17. The lowest BCUT2D eigenvalue weighted by molar-refractivity contribution is -0.126. The van der Waals surface area contributed by atoms with Crippen LogP contribution >= 0.6 is 0 Å². The van der Waals surface area contributed by atoms with Crippen molar-refractivity contribution in [3.05, 3.63) is 30.1 Å². The van der Waals surface area contributed by atoms with E-state index >= 15 is 0 Å². The maximum absolute atomic E-state index is 12.4. The molecular weight excluding hydrogens is 326 g/mol. The Labute approximate surface area is 144 Å². The van der Waals surface area contributed by atoms with Gasteiger partial charge in [0, 0.05) is 31.4 Å². The molecule has 0 bridgehead atoms. The van der Waals surface area contributed by atoms with Crippen molar-refractivity contribution in [2.45, 2.75) is 45.6 Å². The lowest BCUT2D eigenvalue weighted by atomic mass is 9.96. The van der Waals surface area contributed by atoms with E-state index in [1.165, 1.54) is 0 Å². The predicted octanol–water partition coefficient (Wildman–Crippen LogP) is 2.10. The third-order valence-electron chi connectivity index (χ3n) is 4.54. The molecule has 134 valence electrons. The van der Waals surface area contributed by atoms with Crippen LogP contribution in [0, 0.1) is 5.92 Å². The molecule has 7 heteroatoms. The molecule has 24 heavy (non-hydrogen) atoms. The monoisotopic (exact) mass is 353 g/mol. The summed E-state index contributed by atoms with van der Waals surface area (Å²) in [6, 6.07) is 3.69. The number of nitrogens with zero attached hydrogens (tertiary/aromatic N) is 2. The highest BCUT2D eigenvalue weighted by Crippen LogP contribution is 2.22. The maximum Gasteiger partial charge on any atom is 0.223 e. The standard InChI is InChI=1S/C17H27N3O3S/c1-3-4-13-24(22,23)20-11-7-16(8-12-20)17(21)19-14(2)15-5-9-18-10-6-15/h5-6,9-10,14,16H,3-4,7-8,11-13H2,1-2H3,(H,19,21). The van der Waals surface area contributed by atoms with Gasteiger partial charge < -0.3 is 5.32 Å². The number of sulfonamides is 1. The van der Waals surface area contributed by atoms with Crippen molar-refractivity contribution < 1.29 is 13.2 Å². The Kier molecular flexibility index (Phi) is 6.74. The minimum absolute atomic E-state index is 0.00455. The van der Waals surface area contributed by atoms with Gasteiger partial charge in [-0.05, 0) is 43.9 Å². The summed E-state index contributed by atoms with van der Waals surface area (Å²) >= 11 is 0. The molecule has 0 spiro atoms. The summed E-state index contributed by atoms with van der Waals surface area (Å²) < 4.78 is 25.9. The first-order valence-corrected chi connectivity index (χ1v) is 10.2. The van der Waals surface area contributed by atoms with E-state index in [1.807, 2.05) is 26.0 Å². The largest absolute Gasteiger partial charge is 0.349 e. The first-order valence-electron chi connectivity index (χ1n) is 8.62. The highest BCUT2D eigenvalue weighted by Gasteiger charge is 2.31. The van der Waals surface area contributed by atoms with E-state index < -0.39 is 10.0 Å². The summed E-state index contributed by atoms with van der Waals surface area (Å²) in [7, 11) is -3.17. The van der Waals surface area contributed by atoms with Crippen LogP contribution in [0.25, 0.3) is 0 Å². The van der Waals surface area contributed by atoms with E-state index in [2.05, 4.69) is 10.3 Å². The molecule has 2 heterocycles. The summed E-state index contributed by atoms with van der Waals surface area (Å²) in [5.74, 6) is 0.0937. The maximum atomic E-state index is 12.4. The number of rotatable bonds is 7. The molecule has 1 atom stereocenters. The van der Waals surface area contributed by atoms with Gasteiger partial charge in [-0.2, -0.15) is 0 Å². The number of amides is 1. The average Bonchev–Trinajstić information content (AvgIpc) is 2.60. The molecule has 1 fully saturated rings.